The Labute approximate surface area is 47.7 Å². The van der Waals surface area contributed by atoms with Crippen LogP contribution >= 0.6 is 0 Å². The summed E-state index contributed by atoms with van der Waals surface area (Å²) in [6, 6.07) is 1.72. The second-order valence-electron chi connectivity index (χ2n) is 1.83. The summed E-state index contributed by atoms with van der Waals surface area (Å²) in [6.45, 7) is 3.49. The first-order valence-electron chi connectivity index (χ1n) is 2.44. The third-order valence-corrected chi connectivity index (χ3v) is 0.995. The fourth-order valence-corrected chi connectivity index (χ4v) is 0.620. The third kappa shape index (κ3) is 0.689. The Bertz CT molecular complexity index is 169. The van der Waals surface area contributed by atoms with Crippen LogP contribution in [-0.2, 0) is 5.11 Å². The molecule has 1 radical (unpaired) electrons. The van der Waals surface area contributed by atoms with Crippen molar-refractivity contribution in [2.45, 2.75) is 13.8 Å². The van der Waals surface area contributed by atoms with Gasteiger partial charge in [-0.15, -0.1) is 0 Å². The van der Waals surface area contributed by atoms with Crippen LogP contribution in [0, 0.1) is 13.8 Å². The molecule has 0 atom stereocenters. The van der Waals surface area contributed by atoms with Crippen LogP contribution in [-0.4, -0.2) is 0 Å². The molecule has 1 aromatic heterocycles. The van der Waals surface area contributed by atoms with E-state index in [4.69, 9.17) is 0 Å². The summed E-state index contributed by atoms with van der Waals surface area (Å²) in [6.07, 6.45) is 0. The summed E-state index contributed by atoms with van der Waals surface area (Å²) < 4.78 is 4.66. The molecule has 0 aliphatic heterocycles. The Balaban J connectivity index is 3.14. The molecule has 0 bridgehead atoms. The lowest BCUT2D eigenvalue weighted by molar-refractivity contribution is 0.245. The molecule has 0 saturated heterocycles. The molecule has 1 rings (SSSR count). The van der Waals surface area contributed by atoms with Gasteiger partial charge in [-0.25, -0.2) is 5.11 Å². The Morgan fingerprint density at radius 1 is 1.50 bits per heavy atom. The van der Waals surface area contributed by atoms with Crippen molar-refractivity contribution in [3.63, 3.8) is 0 Å². The predicted octanol–water partition coefficient (Wildman–Crippen LogP) is 2.04. The first kappa shape index (κ1) is 5.22. The lowest BCUT2D eigenvalue weighted by Gasteiger charge is -1.74. The molecule has 0 fully saturated rings. The van der Waals surface area contributed by atoms with Gasteiger partial charge in [-0.2, -0.15) is 0 Å². The van der Waals surface area contributed by atoms with Gasteiger partial charge in [0.05, 0.1) is 0 Å². The van der Waals surface area contributed by atoms with Crippen LogP contribution in [0.25, 0.3) is 0 Å². The Morgan fingerprint density at radius 3 is 2.25 bits per heavy atom. The van der Waals surface area contributed by atoms with Crippen molar-refractivity contribution < 1.29 is 9.52 Å². The zero-order valence-corrected chi connectivity index (χ0v) is 4.89. The molecule has 0 amide bonds. The highest BCUT2D eigenvalue weighted by Crippen LogP contribution is 2.19. The minimum absolute atomic E-state index is 0.220. The quantitative estimate of drug-likeness (QED) is 0.504. The molecular weight excluding hydrogens is 104 g/mol. The molecule has 2 nitrogen and oxygen atoms in total. The monoisotopic (exact) mass is 111 g/mol. The number of hydrogen-bond donors (Lipinski definition) is 0. The van der Waals surface area contributed by atoms with Crippen LogP contribution in [0.15, 0.2) is 10.5 Å². The van der Waals surface area contributed by atoms with E-state index in [2.05, 4.69) is 4.42 Å². The average molecular weight is 111 g/mol. The molecular formula is C6H7O2. The van der Waals surface area contributed by atoms with Crippen molar-refractivity contribution in [1.82, 2.24) is 0 Å². The summed E-state index contributed by atoms with van der Waals surface area (Å²) in [5.41, 5.74) is 0.683. The second kappa shape index (κ2) is 1.54. The van der Waals surface area contributed by atoms with Crippen LogP contribution in [0.4, 0.5) is 0 Å². The summed E-state index contributed by atoms with van der Waals surface area (Å²) >= 11 is 0. The molecule has 0 spiro atoms. The van der Waals surface area contributed by atoms with Gasteiger partial charge in [0.25, 0.3) is 0 Å². The number of aryl methyl sites for hydroxylation is 2. The van der Waals surface area contributed by atoms with E-state index in [1.54, 1.807) is 19.9 Å². The minimum atomic E-state index is -0.220. The topological polar surface area (TPSA) is 33.0 Å². The summed E-state index contributed by atoms with van der Waals surface area (Å²) in [5.74, 6) is 0.468. The molecule has 1 aromatic rings. The van der Waals surface area contributed by atoms with Crippen LogP contribution in [0.3, 0.4) is 0 Å². The van der Waals surface area contributed by atoms with E-state index < -0.39 is 0 Å². The van der Waals surface area contributed by atoms with Gasteiger partial charge in [0.15, 0.2) is 0 Å². The Hall–Kier alpha value is -0.920. The van der Waals surface area contributed by atoms with Crippen LogP contribution < -0.4 is 0 Å². The smallest absolute Gasteiger partial charge is 0.338 e. The molecule has 1 heterocycles. The zero-order chi connectivity index (χ0) is 6.15. The third-order valence-electron chi connectivity index (χ3n) is 0.995. The van der Waals surface area contributed by atoms with Gasteiger partial charge in [0.1, 0.15) is 5.76 Å². The highest BCUT2D eigenvalue weighted by molar-refractivity contribution is 5.22. The number of hydrogen-bond acceptors (Lipinski definition) is 1. The normalized spacial score (nSPS) is 9.75. The SMILES string of the molecule is Cc1cc(C)c([O])o1. The van der Waals surface area contributed by atoms with Crippen molar-refractivity contribution in [2.75, 3.05) is 0 Å². The van der Waals surface area contributed by atoms with Gasteiger partial charge < -0.3 is 4.42 Å². The van der Waals surface area contributed by atoms with Gasteiger partial charge in [-0.3, -0.25) is 0 Å². The van der Waals surface area contributed by atoms with Crippen LogP contribution in [0.1, 0.15) is 11.3 Å². The van der Waals surface area contributed by atoms with Crippen molar-refractivity contribution in [3.8, 4) is 5.95 Å². The molecule has 0 aromatic carbocycles. The fraction of sp³-hybridized carbons (Fsp3) is 0.333. The van der Waals surface area contributed by atoms with E-state index in [0.29, 0.717) is 11.3 Å². The molecule has 0 aliphatic rings. The molecule has 8 heavy (non-hydrogen) atoms. The number of rotatable bonds is 0. The predicted molar refractivity (Wildman–Crippen MR) is 28.3 cm³/mol. The molecule has 43 valence electrons. The van der Waals surface area contributed by atoms with Crippen molar-refractivity contribution in [3.05, 3.63) is 17.4 Å². The van der Waals surface area contributed by atoms with Crippen LogP contribution in [0.2, 0.25) is 0 Å². The highest BCUT2D eigenvalue weighted by Gasteiger charge is 2.01. The fourth-order valence-electron chi connectivity index (χ4n) is 0.620. The number of furan rings is 1. The van der Waals surface area contributed by atoms with E-state index in [1.807, 2.05) is 0 Å². The maximum atomic E-state index is 10.5. The lowest BCUT2D eigenvalue weighted by Crippen LogP contribution is -1.56. The van der Waals surface area contributed by atoms with E-state index in [9.17, 15) is 5.11 Å². The Morgan fingerprint density at radius 2 is 2.12 bits per heavy atom. The second-order valence-corrected chi connectivity index (χ2v) is 1.83. The summed E-state index contributed by atoms with van der Waals surface area (Å²) in [4.78, 5) is 0. The van der Waals surface area contributed by atoms with Crippen molar-refractivity contribution >= 4 is 0 Å². The first-order valence-corrected chi connectivity index (χ1v) is 2.44. The maximum absolute atomic E-state index is 10.5. The van der Waals surface area contributed by atoms with Crippen LogP contribution in [0.5, 0.6) is 5.95 Å². The van der Waals surface area contributed by atoms with E-state index in [-0.39, 0.29) is 5.95 Å². The van der Waals surface area contributed by atoms with E-state index in [1.165, 1.54) is 0 Å². The van der Waals surface area contributed by atoms with Gasteiger partial charge in [-0.1, -0.05) is 0 Å². The maximum Gasteiger partial charge on any atom is 0.338 e. The minimum Gasteiger partial charge on any atom is -0.428 e. The Kier molecular flexibility index (Phi) is 1.01. The largest absolute Gasteiger partial charge is 0.428 e. The van der Waals surface area contributed by atoms with E-state index in [0.717, 1.165) is 0 Å². The molecule has 2 heteroatoms. The standard InChI is InChI=1S/C6H7O2/c1-4-3-5(2)8-6(4)7/h3H,1-2H3. The first-order chi connectivity index (χ1) is 3.70. The van der Waals surface area contributed by atoms with Gasteiger partial charge >= 0.3 is 5.95 Å². The molecule has 0 saturated carbocycles. The van der Waals surface area contributed by atoms with Gasteiger partial charge in [0.2, 0.25) is 0 Å². The molecule has 0 aliphatic carbocycles. The average Bonchev–Trinajstić information content (AvgIpc) is 1.85. The zero-order valence-electron chi connectivity index (χ0n) is 4.89. The highest BCUT2D eigenvalue weighted by atomic mass is 16.5. The van der Waals surface area contributed by atoms with Crippen molar-refractivity contribution in [1.29, 1.82) is 0 Å². The van der Waals surface area contributed by atoms with Crippen molar-refractivity contribution in [2.24, 2.45) is 0 Å². The van der Waals surface area contributed by atoms with E-state index >= 15 is 0 Å². The summed E-state index contributed by atoms with van der Waals surface area (Å²) in [5, 5.41) is 10.5. The van der Waals surface area contributed by atoms with Gasteiger partial charge in [0, 0.05) is 5.56 Å². The lowest BCUT2D eigenvalue weighted by atomic mass is 10.3. The van der Waals surface area contributed by atoms with Gasteiger partial charge in [-0.05, 0) is 19.9 Å². The molecule has 0 unspecified atom stereocenters. The molecule has 0 N–H and O–H groups in total. The summed E-state index contributed by atoms with van der Waals surface area (Å²) in [7, 11) is 0.